The van der Waals surface area contributed by atoms with Crippen LogP contribution in [-0.4, -0.2) is 68.0 Å². The lowest BCUT2D eigenvalue weighted by Gasteiger charge is -2.34. The van der Waals surface area contributed by atoms with Gasteiger partial charge in [0, 0.05) is 49.5 Å². The lowest BCUT2D eigenvalue weighted by atomic mass is 10.3. The van der Waals surface area contributed by atoms with Gasteiger partial charge in [0.1, 0.15) is 0 Å². The van der Waals surface area contributed by atoms with Gasteiger partial charge in [-0.2, -0.15) is 4.31 Å². The third-order valence-electron chi connectivity index (χ3n) is 4.84. The van der Waals surface area contributed by atoms with Gasteiger partial charge in [0.05, 0.1) is 14.1 Å². The van der Waals surface area contributed by atoms with Crippen LogP contribution in [0.15, 0.2) is 12.1 Å². The molecule has 0 aromatic carbocycles. The molecule has 27 heavy (non-hydrogen) atoms. The summed E-state index contributed by atoms with van der Waals surface area (Å²) in [6, 6.07) is 4.14. The summed E-state index contributed by atoms with van der Waals surface area (Å²) in [7, 11) is -3.17. The van der Waals surface area contributed by atoms with E-state index in [0.29, 0.717) is 32.7 Å². The number of hydrogen-bond acceptors (Lipinski definition) is 6. The molecule has 0 unspecified atom stereocenters. The Labute approximate surface area is 169 Å². The summed E-state index contributed by atoms with van der Waals surface area (Å²) in [6.45, 7) is 9.34. The van der Waals surface area contributed by atoms with E-state index in [1.54, 1.807) is 40.8 Å². The molecule has 0 atom stereocenters. The molecule has 1 aliphatic heterocycles. The second kappa shape index (κ2) is 8.57. The first-order chi connectivity index (χ1) is 12.8. The molecule has 1 N–H and O–H groups in total. The lowest BCUT2D eigenvalue weighted by Crippen LogP contribution is -2.51. The average molecular weight is 430 g/mol. The Bertz CT molecular complexity index is 862. The predicted molar refractivity (Wildman–Crippen MR) is 113 cm³/mol. The molecule has 0 saturated carbocycles. The Balaban J connectivity index is 1.44. The fourth-order valence-corrected chi connectivity index (χ4v) is 6.71. The first-order valence-electron chi connectivity index (χ1n) is 9.33. The van der Waals surface area contributed by atoms with Crippen molar-refractivity contribution in [2.45, 2.75) is 32.4 Å². The molecule has 1 aliphatic rings. The molecule has 1 fully saturated rings. The Morgan fingerprint density at radius 1 is 1.19 bits per heavy atom. The summed E-state index contributed by atoms with van der Waals surface area (Å²) >= 11 is 3.32. The van der Waals surface area contributed by atoms with Gasteiger partial charge >= 0.3 is 0 Å². The number of nitrogens with zero attached hydrogens (tertiary/aromatic N) is 2. The number of rotatable bonds is 7. The van der Waals surface area contributed by atoms with Crippen LogP contribution in [0, 0.1) is 0 Å². The van der Waals surface area contributed by atoms with Crippen LogP contribution in [0.4, 0.5) is 0 Å². The highest BCUT2D eigenvalue weighted by Crippen LogP contribution is 2.33. The molecule has 150 valence electrons. The maximum absolute atomic E-state index is 12.4. The molecule has 6 nitrogen and oxygen atoms in total. The number of piperazine rings is 1. The van der Waals surface area contributed by atoms with Gasteiger partial charge in [-0.05, 0) is 32.4 Å². The van der Waals surface area contributed by atoms with E-state index in [2.05, 4.69) is 23.2 Å². The van der Waals surface area contributed by atoms with Crippen molar-refractivity contribution in [1.29, 1.82) is 0 Å². The molecular weight excluding hydrogens is 402 g/mol. The molecule has 1 amide bonds. The van der Waals surface area contributed by atoms with Gasteiger partial charge < -0.3 is 5.32 Å². The first-order valence-corrected chi connectivity index (χ1v) is 12.5. The molecule has 0 aliphatic carbocycles. The lowest BCUT2D eigenvalue weighted by molar-refractivity contribution is 0.0949. The van der Waals surface area contributed by atoms with Gasteiger partial charge in [-0.1, -0.05) is 6.92 Å². The largest absolute Gasteiger partial charge is 0.350 e. The van der Waals surface area contributed by atoms with Gasteiger partial charge in [0.25, 0.3) is 5.91 Å². The van der Waals surface area contributed by atoms with Crippen molar-refractivity contribution in [1.82, 2.24) is 14.5 Å². The predicted octanol–water partition coefficient (Wildman–Crippen LogP) is 2.61. The van der Waals surface area contributed by atoms with Crippen LogP contribution in [0.25, 0.3) is 9.40 Å². The first kappa shape index (κ1) is 20.7. The number of amides is 1. The number of sulfonamides is 1. The number of nitrogens with one attached hydrogen (secondary N) is 1. The third-order valence-corrected chi connectivity index (χ3v) is 9.65. The number of carbonyl (C=O) groups is 1. The van der Waals surface area contributed by atoms with E-state index in [4.69, 9.17) is 0 Å². The maximum Gasteiger partial charge on any atom is 0.261 e. The molecule has 2 aromatic rings. The number of carbonyl (C=O) groups excluding carboxylic acids is 1. The highest BCUT2D eigenvalue weighted by atomic mass is 32.2. The zero-order chi connectivity index (χ0) is 19.6. The second-order valence-corrected chi connectivity index (χ2v) is 11.9. The molecule has 0 spiro atoms. The van der Waals surface area contributed by atoms with E-state index in [1.807, 2.05) is 6.07 Å². The minimum atomic E-state index is -3.17. The van der Waals surface area contributed by atoms with Crippen molar-refractivity contribution in [2.24, 2.45) is 0 Å². The van der Waals surface area contributed by atoms with Crippen LogP contribution < -0.4 is 5.32 Å². The van der Waals surface area contributed by atoms with Gasteiger partial charge in [-0.15, -0.1) is 22.7 Å². The Kier molecular flexibility index (Phi) is 6.58. The van der Waals surface area contributed by atoms with Gasteiger partial charge in [-0.25, -0.2) is 8.42 Å². The van der Waals surface area contributed by atoms with Crippen LogP contribution >= 0.6 is 22.7 Å². The molecule has 2 aromatic heterocycles. The van der Waals surface area contributed by atoms with E-state index < -0.39 is 10.0 Å². The zero-order valence-corrected chi connectivity index (χ0v) is 18.5. The van der Waals surface area contributed by atoms with Crippen LogP contribution in [0.2, 0.25) is 0 Å². The molecule has 0 radical (unpaired) electrons. The summed E-state index contributed by atoms with van der Waals surface area (Å²) in [5, 5.41) is 3.77. The molecule has 3 rings (SSSR count). The van der Waals surface area contributed by atoms with E-state index in [1.165, 1.54) is 8.89 Å². The third kappa shape index (κ3) is 4.71. The number of fused-ring (bicyclic) bond motifs is 1. The van der Waals surface area contributed by atoms with Crippen molar-refractivity contribution < 1.29 is 13.2 Å². The van der Waals surface area contributed by atoms with E-state index in [-0.39, 0.29) is 11.2 Å². The number of hydrogen-bond donors (Lipinski definition) is 1. The average Bonchev–Trinajstić information content (AvgIpc) is 3.20. The standard InChI is InChI=1S/C18H27N3O3S3/c1-4-15-11-14-12-16(26-18(14)25-15)17(22)19-5-6-20-7-9-21(10-8-20)27(23,24)13(2)3/h11-13H,4-10H2,1-3H3,(H,19,22). The summed E-state index contributed by atoms with van der Waals surface area (Å²) in [5.74, 6) is -0.0255. The Morgan fingerprint density at radius 3 is 2.48 bits per heavy atom. The topological polar surface area (TPSA) is 69.7 Å². The van der Waals surface area contributed by atoms with E-state index in [9.17, 15) is 13.2 Å². The fourth-order valence-electron chi connectivity index (χ4n) is 3.10. The van der Waals surface area contributed by atoms with Crippen LogP contribution in [0.1, 0.15) is 35.3 Å². The second-order valence-electron chi connectivity index (χ2n) is 7.01. The summed E-state index contributed by atoms with van der Waals surface area (Å²) in [4.78, 5) is 16.7. The van der Waals surface area contributed by atoms with Crippen LogP contribution in [0.3, 0.4) is 0 Å². The summed E-state index contributed by atoms with van der Waals surface area (Å²) in [6.07, 6.45) is 1.03. The van der Waals surface area contributed by atoms with E-state index in [0.717, 1.165) is 23.2 Å². The SMILES string of the molecule is CCc1cc2cc(C(=O)NCCN3CCN(S(=O)(=O)C(C)C)CC3)sc2s1. The minimum Gasteiger partial charge on any atom is -0.350 e. The van der Waals surface area contributed by atoms with Gasteiger partial charge in [-0.3, -0.25) is 9.69 Å². The van der Waals surface area contributed by atoms with Crippen molar-refractivity contribution in [3.05, 3.63) is 21.9 Å². The van der Waals surface area contributed by atoms with Gasteiger partial charge in [0.15, 0.2) is 0 Å². The van der Waals surface area contributed by atoms with Crippen LogP contribution in [-0.2, 0) is 16.4 Å². The highest BCUT2D eigenvalue weighted by molar-refractivity contribution is 7.89. The number of aryl methyl sites for hydroxylation is 1. The molecule has 9 heteroatoms. The molecule has 0 bridgehead atoms. The van der Waals surface area contributed by atoms with Crippen molar-refractivity contribution in [3.8, 4) is 0 Å². The molecular formula is C18H27N3O3S3. The summed E-state index contributed by atoms with van der Waals surface area (Å²) < 4.78 is 27.2. The monoisotopic (exact) mass is 429 g/mol. The molecule has 1 saturated heterocycles. The maximum atomic E-state index is 12.4. The van der Waals surface area contributed by atoms with Crippen molar-refractivity contribution >= 4 is 48.0 Å². The fraction of sp³-hybridized carbons (Fsp3) is 0.611. The van der Waals surface area contributed by atoms with Crippen LogP contribution in [0.5, 0.6) is 0 Å². The summed E-state index contributed by atoms with van der Waals surface area (Å²) in [5.41, 5.74) is 0. The number of thiophene rings is 2. The van der Waals surface area contributed by atoms with Gasteiger partial charge in [0.2, 0.25) is 10.0 Å². The Morgan fingerprint density at radius 2 is 1.89 bits per heavy atom. The van der Waals surface area contributed by atoms with E-state index >= 15 is 0 Å². The smallest absolute Gasteiger partial charge is 0.261 e. The molecule has 3 heterocycles. The Hall–Kier alpha value is -1.00. The highest BCUT2D eigenvalue weighted by Gasteiger charge is 2.29. The van der Waals surface area contributed by atoms with Crippen molar-refractivity contribution in [2.75, 3.05) is 39.3 Å². The normalized spacial score (nSPS) is 17.0. The quantitative estimate of drug-likeness (QED) is 0.735. The zero-order valence-electron chi connectivity index (χ0n) is 16.0. The minimum absolute atomic E-state index is 0.0255. The van der Waals surface area contributed by atoms with Crippen molar-refractivity contribution in [3.63, 3.8) is 0 Å².